The predicted octanol–water partition coefficient (Wildman–Crippen LogP) is 4.17. The highest BCUT2D eigenvalue weighted by molar-refractivity contribution is 6.05. The van der Waals surface area contributed by atoms with Gasteiger partial charge in [0.05, 0.1) is 25.1 Å². The van der Waals surface area contributed by atoms with Crippen LogP contribution in [0.5, 0.6) is 5.75 Å². The highest BCUT2D eigenvalue weighted by Crippen LogP contribution is 2.34. The minimum absolute atomic E-state index is 0.0359. The van der Waals surface area contributed by atoms with Gasteiger partial charge in [-0.15, -0.1) is 0 Å². The van der Waals surface area contributed by atoms with E-state index in [1.807, 2.05) is 54.6 Å². The molecule has 0 N–H and O–H groups in total. The summed E-state index contributed by atoms with van der Waals surface area (Å²) >= 11 is 0. The second kappa shape index (κ2) is 9.72. The van der Waals surface area contributed by atoms with Crippen LogP contribution >= 0.6 is 0 Å². The minimum Gasteiger partial charge on any atom is -0.497 e. The third-order valence-electron chi connectivity index (χ3n) is 5.85. The van der Waals surface area contributed by atoms with E-state index in [2.05, 4.69) is 27.2 Å². The van der Waals surface area contributed by atoms with Crippen molar-refractivity contribution >= 4 is 28.4 Å². The van der Waals surface area contributed by atoms with Crippen LogP contribution in [0.1, 0.15) is 34.1 Å². The van der Waals surface area contributed by atoms with Gasteiger partial charge < -0.3 is 9.47 Å². The first-order valence-electron chi connectivity index (χ1n) is 11.1. The Kier molecular flexibility index (Phi) is 6.17. The second-order valence-corrected chi connectivity index (χ2v) is 8.01. The number of rotatable bonds is 6. The van der Waals surface area contributed by atoms with Crippen molar-refractivity contribution in [3.63, 3.8) is 0 Å². The molecule has 35 heavy (non-hydrogen) atoms. The van der Waals surface area contributed by atoms with E-state index >= 15 is 0 Å². The Morgan fingerprint density at radius 1 is 1.00 bits per heavy atom. The lowest BCUT2D eigenvalue weighted by Crippen LogP contribution is -2.31. The van der Waals surface area contributed by atoms with Gasteiger partial charge in [0.2, 0.25) is 0 Å². The number of hydrazone groups is 1. The van der Waals surface area contributed by atoms with Crippen LogP contribution in [0.25, 0.3) is 10.8 Å². The third-order valence-corrected chi connectivity index (χ3v) is 5.85. The Bertz CT molecular complexity index is 1400. The number of esters is 1. The maximum Gasteiger partial charge on any atom is 0.359 e. The molecule has 1 amide bonds. The number of ether oxygens (including phenoxy) is 2. The fraction of sp³-hybridized carbons (Fsp3) is 0.148. The number of fused-ring (bicyclic) bond motifs is 1. The van der Waals surface area contributed by atoms with E-state index in [1.165, 1.54) is 23.6 Å². The number of aromatic nitrogens is 2. The molecule has 5 rings (SSSR count). The van der Waals surface area contributed by atoms with Crippen LogP contribution in [0.2, 0.25) is 0 Å². The van der Waals surface area contributed by atoms with Crippen molar-refractivity contribution in [1.29, 1.82) is 0 Å². The van der Waals surface area contributed by atoms with E-state index in [9.17, 15) is 9.59 Å². The molecule has 8 nitrogen and oxygen atoms in total. The number of nitrogens with zero attached hydrogens (tertiary/aromatic N) is 4. The molecule has 3 aromatic carbocycles. The molecule has 0 aliphatic carbocycles. The van der Waals surface area contributed by atoms with Gasteiger partial charge in [0.1, 0.15) is 5.75 Å². The van der Waals surface area contributed by atoms with Crippen molar-refractivity contribution in [3.05, 3.63) is 102 Å². The van der Waals surface area contributed by atoms with Gasteiger partial charge in [0.25, 0.3) is 5.91 Å². The molecule has 4 aromatic rings. The van der Waals surface area contributed by atoms with Crippen LogP contribution in [0.3, 0.4) is 0 Å². The van der Waals surface area contributed by atoms with Crippen LogP contribution in [0.4, 0.5) is 0 Å². The zero-order valence-corrected chi connectivity index (χ0v) is 19.0. The molecule has 0 unspecified atom stereocenters. The Hall–Kier alpha value is -4.59. The fourth-order valence-corrected chi connectivity index (χ4v) is 4.04. The van der Waals surface area contributed by atoms with E-state index in [4.69, 9.17) is 9.47 Å². The molecule has 0 fully saturated rings. The summed E-state index contributed by atoms with van der Waals surface area (Å²) in [7, 11) is 1.60. The molecular weight excluding hydrogens is 444 g/mol. The predicted molar refractivity (Wildman–Crippen MR) is 130 cm³/mol. The molecule has 0 radical (unpaired) electrons. The van der Waals surface area contributed by atoms with Gasteiger partial charge in [0, 0.05) is 18.8 Å². The fourth-order valence-electron chi connectivity index (χ4n) is 4.04. The smallest absolute Gasteiger partial charge is 0.359 e. The van der Waals surface area contributed by atoms with Crippen molar-refractivity contribution in [2.75, 3.05) is 13.7 Å². The van der Waals surface area contributed by atoms with Gasteiger partial charge in [0.15, 0.2) is 12.3 Å². The van der Waals surface area contributed by atoms with Crippen molar-refractivity contribution in [3.8, 4) is 5.75 Å². The second-order valence-electron chi connectivity index (χ2n) is 8.01. The molecule has 0 spiro atoms. The van der Waals surface area contributed by atoms with E-state index < -0.39 is 18.5 Å². The zero-order valence-electron chi connectivity index (χ0n) is 19.0. The van der Waals surface area contributed by atoms with Crippen LogP contribution in [-0.4, -0.2) is 46.3 Å². The molecule has 1 aliphatic rings. The van der Waals surface area contributed by atoms with Crippen molar-refractivity contribution in [2.45, 2.75) is 12.5 Å². The summed E-state index contributed by atoms with van der Waals surface area (Å²) in [6.45, 7) is -0.462. The highest BCUT2D eigenvalue weighted by atomic mass is 16.5. The summed E-state index contributed by atoms with van der Waals surface area (Å²) in [6.07, 6.45) is 4.65. The summed E-state index contributed by atoms with van der Waals surface area (Å²) in [5.74, 6) is -0.428. The topological polar surface area (TPSA) is 94.0 Å². The van der Waals surface area contributed by atoms with Gasteiger partial charge in [-0.1, -0.05) is 48.5 Å². The quantitative estimate of drug-likeness (QED) is 0.396. The summed E-state index contributed by atoms with van der Waals surface area (Å²) in [6, 6.07) is 21.4. The Morgan fingerprint density at radius 2 is 1.80 bits per heavy atom. The summed E-state index contributed by atoms with van der Waals surface area (Å²) in [5.41, 5.74) is 2.66. The normalized spacial score (nSPS) is 15.1. The largest absolute Gasteiger partial charge is 0.497 e. The third kappa shape index (κ3) is 4.72. The zero-order chi connectivity index (χ0) is 24.2. The number of hydrogen-bond donors (Lipinski definition) is 0. The highest BCUT2D eigenvalue weighted by Gasteiger charge is 2.33. The molecule has 1 atom stereocenters. The van der Waals surface area contributed by atoms with Gasteiger partial charge in [-0.05, 0) is 40.1 Å². The van der Waals surface area contributed by atoms with Crippen molar-refractivity contribution in [2.24, 2.45) is 5.10 Å². The maximum absolute atomic E-state index is 13.2. The average Bonchev–Trinajstić information content (AvgIpc) is 3.37. The maximum atomic E-state index is 13.2. The lowest BCUT2D eigenvalue weighted by Gasteiger charge is -2.22. The first-order valence-corrected chi connectivity index (χ1v) is 11.1. The molecule has 0 saturated carbocycles. The number of carbonyl (C=O) groups excluding carboxylic acids is 2. The van der Waals surface area contributed by atoms with Gasteiger partial charge in [-0.3, -0.25) is 9.78 Å². The number of methoxy groups -OCH3 is 1. The summed E-state index contributed by atoms with van der Waals surface area (Å²) in [5, 5.41) is 8.29. The average molecular weight is 466 g/mol. The summed E-state index contributed by atoms with van der Waals surface area (Å²) in [4.78, 5) is 33.2. The Labute approximate surface area is 201 Å². The molecular formula is C27H22N4O4. The molecule has 174 valence electrons. The Balaban J connectivity index is 1.41. The molecule has 8 heteroatoms. The van der Waals surface area contributed by atoms with Gasteiger partial charge in [-0.2, -0.15) is 5.10 Å². The lowest BCUT2D eigenvalue weighted by molar-refractivity contribution is -0.136. The van der Waals surface area contributed by atoms with E-state index in [1.54, 1.807) is 7.11 Å². The first kappa shape index (κ1) is 22.2. The minimum atomic E-state index is -0.717. The van der Waals surface area contributed by atoms with Gasteiger partial charge in [-0.25, -0.2) is 14.8 Å². The standard InChI is InChI=1S/C27H22N4O4/c1-34-22-10-8-19(9-11-22)25-15-23(21-7-6-18-4-2-3-5-20(18)14-21)30-31(25)26(32)17-35-27(33)24-16-28-12-13-29-24/h2-14,16,25H,15,17H2,1H3/t25-/m1/s1. The van der Waals surface area contributed by atoms with Crippen molar-refractivity contribution < 1.29 is 19.1 Å². The van der Waals surface area contributed by atoms with Crippen LogP contribution in [0, 0.1) is 0 Å². The van der Waals surface area contributed by atoms with E-state index in [0.29, 0.717) is 6.42 Å². The molecule has 1 aromatic heterocycles. The molecule has 0 bridgehead atoms. The van der Waals surface area contributed by atoms with Crippen LogP contribution in [-0.2, 0) is 9.53 Å². The monoisotopic (exact) mass is 466 g/mol. The van der Waals surface area contributed by atoms with E-state index in [0.717, 1.165) is 33.4 Å². The number of benzene rings is 3. The van der Waals surface area contributed by atoms with Crippen LogP contribution < -0.4 is 4.74 Å². The Morgan fingerprint density at radius 3 is 2.54 bits per heavy atom. The summed E-state index contributed by atoms with van der Waals surface area (Å²) < 4.78 is 10.5. The molecule has 1 aliphatic heterocycles. The lowest BCUT2D eigenvalue weighted by atomic mass is 9.97. The van der Waals surface area contributed by atoms with Crippen molar-refractivity contribution in [1.82, 2.24) is 15.0 Å². The van der Waals surface area contributed by atoms with Crippen LogP contribution in [0.15, 0.2) is 90.4 Å². The SMILES string of the molecule is COc1ccc([C@H]2CC(c3ccc4ccccc4c3)=NN2C(=O)COC(=O)c2cnccn2)cc1. The molecule has 0 saturated heterocycles. The number of carbonyl (C=O) groups is 2. The number of hydrogen-bond acceptors (Lipinski definition) is 7. The number of amides is 1. The van der Waals surface area contributed by atoms with E-state index in [-0.39, 0.29) is 11.7 Å². The first-order chi connectivity index (χ1) is 17.1. The molecule has 2 heterocycles. The van der Waals surface area contributed by atoms with Gasteiger partial charge >= 0.3 is 5.97 Å².